The highest BCUT2D eigenvalue weighted by atomic mass is 15.3. The standard InChI is InChI=1S/C17H18N2.C2H6.CH4/c1-11-13-8-6-9-15-14-7-4-5-10-16(14)19(17(13)15)12(2)18(11)3;1-2;/h4-12H,1-3H3;1-2H3;1H4/t11?,12-;;/m0../s1. The fourth-order valence-electron chi connectivity index (χ4n) is 3.53. The molecule has 2 heteroatoms. The maximum atomic E-state index is 2.49. The van der Waals surface area contributed by atoms with Gasteiger partial charge < -0.3 is 4.57 Å². The van der Waals surface area contributed by atoms with Crippen molar-refractivity contribution in [3.63, 3.8) is 0 Å². The molecule has 3 aromatic rings. The first-order valence-electron chi connectivity index (χ1n) is 7.93. The van der Waals surface area contributed by atoms with Crippen molar-refractivity contribution >= 4 is 21.8 Å². The number of benzene rings is 2. The maximum absolute atomic E-state index is 2.49. The van der Waals surface area contributed by atoms with Crippen molar-refractivity contribution in [1.82, 2.24) is 9.47 Å². The summed E-state index contributed by atoms with van der Waals surface area (Å²) >= 11 is 0. The molecule has 2 atom stereocenters. The highest BCUT2D eigenvalue weighted by Gasteiger charge is 2.29. The van der Waals surface area contributed by atoms with Crippen molar-refractivity contribution in [3.8, 4) is 0 Å². The van der Waals surface area contributed by atoms with Crippen molar-refractivity contribution in [2.75, 3.05) is 7.05 Å². The van der Waals surface area contributed by atoms with Crippen LogP contribution in [0.2, 0.25) is 0 Å². The number of rotatable bonds is 0. The molecule has 0 bridgehead atoms. The number of nitrogens with zero attached hydrogens (tertiary/aromatic N) is 2. The van der Waals surface area contributed by atoms with Gasteiger partial charge in [-0.3, -0.25) is 4.90 Å². The normalized spacial score (nSPS) is 20.4. The van der Waals surface area contributed by atoms with Crippen LogP contribution in [-0.2, 0) is 0 Å². The second-order valence-electron chi connectivity index (χ2n) is 5.60. The second kappa shape index (κ2) is 6.13. The molecule has 0 fully saturated rings. The van der Waals surface area contributed by atoms with E-state index in [1.165, 1.54) is 27.4 Å². The minimum atomic E-state index is 0. The maximum Gasteiger partial charge on any atom is 0.0844 e. The molecule has 2 aromatic carbocycles. The Hall–Kier alpha value is -1.80. The molecule has 0 amide bonds. The number of hydrogen-bond donors (Lipinski definition) is 0. The summed E-state index contributed by atoms with van der Waals surface area (Å²) in [6.45, 7) is 8.59. The van der Waals surface area contributed by atoms with Crippen molar-refractivity contribution < 1.29 is 0 Å². The summed E-state index contributed by atoms with van der Waals surface area (Å²) in [5, 5.41) is 2.76. The Morgan fingerprint density at radius 2 is 1.50 bits per heavy atom. The van der Waals surface area contributed by atoms with E-state index in [4.69, 9.17) is 0 Å². The summed E-state index contributed by atoms with van der Waals surface area (Å²) in [5.74, 6) is 0. The predicted molar refractivity (Wildman–Crippen MR) is 98.4 cm³/mol. The molecule has 0 N–H and O–H groups in total. The molecule has 1 aliphatic rings. The van der Waals surface area contributed by atoms with Crippen molar-refractivity contribution in [3.05, 3.63) is 48.0 Å². The molecular weight excluding hydrogens is 268 g/mol. The topological polar surface area (TPSA) is 8.17 Å². The first-order chi connectivity index (χ1) is 10.2. The Labute approximate surface area is 134 Å². The van der Waals surface area contributed by atoms with E-state index in [1.807, 2.05) is 13.8 Å². The minimum absolute atomic E-state index is 0. The highest BCUT2D eigenvalue weighted by Crippen LogP contribution is 2.42. The Morgan fingerprint density at radius 1 is 0.864 bits per heavy atom. The van der Waals surface area contributed by atoms with Crippen LogP contribution in [0.4, 0.5) is 0 Å². The zero-order valence-corrected chi connectivity index (χ0v) is 13.6. The quantitative estimate of drug-likeness (QED) is 0.495. The molecule has 2 nitrogen and oxygen atoms in total. The van der Waals surface area contributed by atoms with Crippen LogP contribution in [0.5, 0.6) is 0 Å². The van der Waals surface area contributed by atoms with Crippen LogP contribution in [0.15, 0.2) is 42.5 Å². The zero-order valence-electron chi connectivity index (χ0n) is 13.6. The van der Waals surface area contributed by atoms with E-state index in [0.717, 1.165) is 0 Å². The molecule has 0 aliphatic carbocycles. The van der Waals surface area contributed by atoms with Gasteiger partial charge >= 0.3 is 0 Å². The smallest absolute Gasteiger partial charge is 0.0844 e. The molecule has 1 aromatic heterocycles. The molecule has 4 rings (SSSR count). The van der Waals surface area contributed by atoms with Crippen LogP contribution in [0.25, 0.3) is 21.8 Å². The first-order valence-corrected chi connectivity index (χ1v) is 7.93. The molecule has 1 aliphatic heterocycles. The van der Waals surface area contributed by atoms with E-state index in [-0.39, 0.29) is 7.43 Å². The molecule has 0 spiro atoms. The van der Waals surface area contributed by atoms with E-state index in [0.29, 0.717) is 12.2 Å². The van der Waals surface area contributed by atoms with Gasteiger partial charge in [-0.05, 0) is 32.5 Å². The highest BCUT2D eigenvalue weighted by molar-refractivity contribution is 6.09. The van der Waals surface area contributed by atoms with E-state index < -0.39 is 0 Å². The van der Waals surface area contributed by atoms with Gasteiger partial charge in [-0.2, -0.15) is 0 Å². The molecule has 22 heavy (non-hydrogen) atoms. The van der Waals surface area contributed by atoms with Gasteiger partial charge in [0.25, 0.3) is 0 Å². The van der Waals surface area contributed by atoms with Gasteiger partial charge in [-0.1, -0.05) is 57.7 Å². The summed E-state index contributed by atoms with van der Waals surface area (Å²) in [7, 11) is 2.21. The number of fused-ring (bicyclic) bond motifs is 3. The lowest BCUT2D eigenvalue weighted by Crippen LogP contribution is -2.33. The Morgan fingerprint density at radius 3 is 2.23 bits per heavy atom. The Kier molecular flexibility index (Phi) is 4.62. The van der Waals surface area contributed by atoms with Gasteiger partial charge in [0.1, 0.15) is 0 Å². The molecule has 2 heterocycles. The largest absolute Gasteiger partial charge is 0.324 e. The van der Waals surface area contributed by atoms with Gasteiger partial charge in [0.05, 0.1) is 17.2 Å². The zero-order chi connectivity index (χ0) is 15.1. The minimum Gasteiger partial charge on any atom is -0.324 e. The third-order valence-corrected chi connectivity index (χ3v) is 4.79. The predicted octanol–water partition coefficient (Wildman–Crippen LogP) is 5.98. The number of para-hydroxylation sites is 2. The lowest BCUT2D eigenvalue weighted by Gasteiger charge is -2.38. The van der Waals surface area contributed by atoms with Gasteiger partial charge in [0.2, 0.25) is 0 Å². The van der Waals surface area contributed by atoms with Crippen molar-refractivity contribution in [2.45, 2.75) is 47.3 Å². The summed E-state index contributed by atoms with van der Waals surface area (Å²) < 4.78 is 2.49. The van der Waals surface area contributed by atoms with Gasteiger partial charge in [0.15, 0.2) is 0 Å². The van der Waals surface area contributed by atoms with Crippen LogP contribution in [-0.4, -0.2) is 16.5 Å². The lowest BCUT2D eigenvalue weighted by molar-refractivity contribution is 0.140. The van der Waals surface area contributed by atoms with Crippen molar-refractivity contribution in [2.24, 2.45) is 0 Å². The van der Waals surface area contributed by atoms with E-state index >= 15 is 0 Å². The third-order valence-electron chi connectivity index (χ3n) is 4.79. The molecule has 0 saturated heterocycles. The number of hydrogen-bond acceptors (Lipinski definition) is 1. The van der Waals surface area contributed by atoms with E-state index in [2.05, 4.69) is 72.8 Å². The summed E-state index contributed by atoms with van der Waals surface area (Å²) in [6.07, 6.45) is 0.396. The molecule has 0 radical (unpaired) electrons. The van der Waals surface area contributed by atoms with Gasteiger partial charge in [-0.15, -0.1) is 0 Å². The van der Waals surface area contributed by atoms with Crippen LogP contribution in [0, 0.1) is 0 Å². The Bertz CT molecular complexity index is 785. The van der Waals surface area contributed by atoms with E-state index in [9.17, 15) is 0 Å². The molecular formula is C20H28N2. The second-order valence-corrected chi connectivity index (χ2v) is 5.60. The average molecular weight is 296 g/mol. The SMILES string of the molecule is C.CC.CC1c2cccc3c4ccccc4n(c23)[C@@H](C)N1C. The third kappa shape index (κ3) is 2.05. The van der Waals surface area contributed by atoms with Crippen LogP contribution < -0.4 is 0 Å². The monoisotopic (exact) mass is 296 g/mol. The number of aromatic nitrogens is 1. The molecule has 1 unspecified atom stereocenters. The Balaban J connectivity index is 0.000000566. The summed E-state index contributed by atoms with van der Waals surface area (Å²) in [6, 6.07) is 15.9. The summed E-state index contributed by atoms with van der Waals surface area (Å²) in [4.78, 5) is 2.44. The van der Waals surface area contributed by atoms with Crippen LogP contribution in [0.3, 0.4) is 0 Å². The molecule has 0 saturated carbocycles. The van der Waals surface area contributed by atoms with Gasteiger partial charge in [0, 0.05) is 16.8 Å². The van der Waals surface area contributed by atoms with Crippen molar-refractivity contribution in [1.29, 1.82) is 0 Å². The lowest BCUT2D eigenvalue weighted by atomic mass is 10.0. The summed E-state index contributed by atoms with van der Waals surface area (Å²) in [5.41, 5.74) is 4.20. The fourth-order valence-corrected chi connectivity index (χ4v) is 3.53. The molecule has 118 valence electrons. The van der Waals surface area contributed by atoms with Gasteiger partial charge in [-0.25, -0.2) is 0 Å². The van der Waals surface area contributed by atoms with Crippen LogP contribution >= 0.6 is 0 Å². The average Bonchev–Trinajstić information content (AvgIpc) is 2.88. The first kappa shape index (κ1) is 16.6. The van der Waals surface area contributed by atoms with Crippen LogP contribution in [0.1, 0.15) is 52.9 Å². The fraction of sp³-hybridized carbons (Fsp3) is 0.400. The van der Waals surface area contributed by atoms with E-state index in [1.54, 1.807) is 0 Å².